The molecule has 41 heavy (non-hydrogen) atoms. The monoisotopic (exact) mass is 575 g/mol. The first-order valence-corrected chi connectivity index (χ1v) is 14.8. The summed E-state index contributed by atoms with van der Waals surface area (Å²) in [6.45, 7) is 10.1. The molecule has 1 aromatic heterocycles. The summed E-state index contributed by atoms with van der Waals surface area (Å²) in [6, 6.07) is 14.5. The van der Waals surface area contributed by atoms with Crippen molar-refractivity contribution < 1.29 is 23.9 Å². The normalized spacial score (nSPS) is 15.3. The molecule has 2 atom stereocenters. The summed E-state index contributed by atoms with van der Waals surface area (Å²) in [5, 5.41) is 7.47. The van der Waals surface area contributed by atoms with Crippen LogP contribution in [0.3, 0.4) is 0 Å². The zero-order chi connectivity index (χ0) is 29.5. The van der Waals surface area contributed by atoms with Crippen LogP contribution in [0.5, 0.6) is 5.75 Å². The second-order valence-corrected chi connectivity index (χ2v) is 11.7. The van der Waals surface area contributed by atoms with E-state index in [-0.39, 0.29) is 12.5 Å². The first kappa shape index (κ1) is 30.0. The van der Waals surface area contributed by atoms with E-state index in [0.29, 0.717) is 33.7 Å². The molecule has 2 amide bonds. The number of esters is 1. The van der Waals surface area contributed by atoms with Gasteiger partial charge in [0, 0.05) is 10.4 Å². The third-order valence-electron chi connectivity index (χ3n) is 7.01. The first-order chi connectivity index (χ1) is 19.7. The zero-order valence-corrected chi connectivity index (χ0v) is 25.0. The van der Waals surface area contributed by atoms with E-state index in [2.05, 4.69) is 36.6 Å². The molecule has 0 bridgehead atoms. The number of fused-ring (bicyclic) bond motifs is 1. The van der Waals surface area contributed by atoms with Gasteiger partial charge in [0.05, 0.1) is 18.4 Å². The van der Waals surface area contributed by atoms with Crippen LogP contribution in [0.1, 0.15) is 89.2 Å². The number of carbonyl (C=O) groups excluding carboxylic acids is 3. The Kier molecular flexibility index (Phi) is 9.94. The summed E-state index contributed by atoms with van der Waals surface area (Å²) in [4.78, 5) is 39.4. The third-order valence-corrected chi connectivity index (χ3v) is 8.18. The molecule has 8 nitrogen and oxygen atoms in total. The third kappa shape index (κ3) is 7.61. The summed E-state index contributed by atoms with van der Waals surface area (Å²) >= 11 is 1.45. The topological polar surface area (TPSA) is 106 Å². The van der Waals surface area contributed by atoms with E-state index in [1.807, 2.05) is 24.3 Å². The lowest BCUT2D eigenvalue weighted by Gasteiger charge is -2.18. The molecule has 0 radical (unpaired) electrons. The number of carbonyl (C=O) groups is 3. The second kappa shape index (κ2) is 13.6. The fourth-order valence-electron chi connectivity index (χ4n) is 4.60. The van der Waals surface area contributed by atoms with Crippen molar-refractivity contribution in [3.8, 4) is 5.75 Å². The van der Waals surface area contributed by atoms with E-state index >= 15 is 0 Å². The van der Waals surface area contributed by atoms with Crippen molar-refractivity contribution in [2.24, 2.45) is 11.0 Å². The average Bonchev–Trinajstić information content (AvgIpc) is 3.30. The van der Waals surface area contributed by atoms with Crippen LogP contribution in [0.2, 0.25) is 0 Å². The summed E-state index contributed by atoms with van der Waals surface area (Å²) in [5.41, 5.74) is 6.48. The predicted molar refractivity (Wildman–Crippen MR) is 162 cm³/mol. The van der Waals surface area contributed by atoms with Gasteiger partial charge in [0.2, 0.25) is 0 Å². The van der Waals surface area contributed by atoms with Gasteiger partial charge in [0.1, 0.15) is 10.8 Å². The van der Waals surface area contributed by atoms with E-state index in [1.54, 1.807) is 44.3 Å². The number of nitrogens with one attached hydrogen (secondary N) is 2. The Morgan fingerprint density at radius 2 is 1.78 bits per heavy atom. The highest BCUT2D eigenvalue weighted by atomic mass is 32.1. The Balaban J connectivity index is 1.35. The number of thiophene rings is 1. The lowest BCUT2D eigenvalue weighted by molar-refractivity contribution is -0.127. The van der Waals surface area contributed by atoms with Crippen LogP contribution in [0.15, 0.2) is 53.6 Å². The van der Waals surface area contributed by atoms with Gasteiger partial charge in [-0.2, -0.15) is 5.10 Å². The molecule has 1 aliphatic carbocycles. The smallest absolute Gasteiger partial charge is 0.341 e. The number of anilines is 1. The lowest BCUT2D eigenvalue weighted by Crippen LogP contribution is -2.33. The summed E-state index contributed by atoms with van der Waals surface area (Å²) < 4.78 is 11.0. The number of ether oxygens (including phenoxy) is 2. The summed E-state index contributed by atoms with van der Waals surface area (Å²) in [5.74, 6) is 0.274. The Hall–Kier alpha value is -3.98. The fourth-order valence-corrected chi connectivity index (χ4v) is 6.00. The zero-order valence-electron chi connectivity index (χ0n) is 24.2. The molecular weight excluding hydrogens is 538 g/mol. The van der Waals surface area contributed by atoms with Crippen molar-refractivity contribution in [3.05, 3.63) is 81.2 Å². The number of hydrogen-bond acceptors (Lipinski definition) is 7. The van der Waals surface area contributed by atoms with Gasteiger partial charge in [0.15, 0.2) is 6.10 Å². The molecule has 0 saturated carbocycles. The first-order valence-electron chi connectivity index (χ1n) is 14.0. The molecule has 3 aromatic rings. The standard InChI is InChI=1S/C32H37N3O5S/c1-6-39-32(38)28-26-16-7-20(4)17-27(26)41-31(28)34-30(37)24-12-14-25(15-13-24)40-21(5)29(36)35-33-18-22-8-10-23(11-9-22)19(2)3/h8-15,18-21H,6-7,16-17H2,1-5H3,(H,34,37)(H,35,36). The lowest BCUT2D eigenvalue weighted by atomic mass is 9.88. The molecule has 4 rings (SSSR count). The maximum absolute atomic E-state index is 13.1. The highest BCUT2D eigenvalue weighted by Crippen LogP contribution is 2.40. The molecule has 0 fully saturated rings. The fraction of sp³-hybridized carbons (Fsp3) is 0.375. The van der Waals surface area contributed by atoms with Crippen LogP contribution in [-0.2, 0) is 22.4 Å². The van der Waals surface area contributed by atoms with Crippen LogP contribution in [0, 0.1) is 5.92 Å². The maximum Gasteiger partial charge on any atom is 0.341 e. The highest BCUT2D eigenvalue weighted by Gasteiger charge is 2.29. The molecule has 0 aliphatic heterocycles. The van der Waals surface area contributed by atoms with Crippen LogP contribution in [-0.4, -0.2) is 36.7 Å². The molecule has 9 heteroatoms. The van der Waals surface area contributed by atoms with Crippen molar-refractivity contribution in [3.63, 3.8) is 0 Å². The molecule has 2 unspecified atom stereocenters. The number of hydrogen-bond donors (Lipinski definition) is 2. The summed E-state index contributed by atoms with van der Waals surface area (Å²) in [7, 11) is 0. The van der Waals surface area contributed by atoms with Gasteiger partial charge >= 0.3 is 5.97 Å². The predicted octanol–water partition coefficient (Wildman–Crippen LogP) is 6.34. The molecule has 0 spiro atoms. The Morgan fingerprint density at radius 1 is 1.07 bits per heavy atom. The van der Waals surface area contributed by atoms with Gasteiger partial charge < -0.3 is 14.8 Å². The average molecular weight is 576 g/mol. The maximum atomic E-state index is 13.1. The molecule has 2 aromatic carbocycles. The van der Waals surface area contributed by atoms with Crippen LogP contribution in [0.4, 0.5) is 5.00 Å². The molecule has 216 valence electrons. The number of nitrogens with zero attached hydrogens (tertiary/aromatic N) is 1. The van der Waals surface area contributed by atoms with Crippen LogP contribution >= 0.6 is 11.3 Å². The minimum Gasteiger partial charge on any atom is -0.481 e. The van der Waals surface area contributed by atoms with Crippen molar-refractivity contribution in [1.29, 1.82) is 0 Å². The van der Waals surface area contributed by atoms with Crippen molar-refractivity contribution in [2.75, 3.05) is 11.9 Å². The molecule has 2 N–H and O–H groups in total. The largest absolute Gasteiger partial charge is 0.481 e. The van der Waals surface area contributed by atoms with E-state index in [4.69, 9.17) is 9.47 Å². The van der Waals surface area contributed by atoms with E-state index in [0.717, 1.165) is 35.3 Å². The number of hydrazone groups is 1. The highest BCUT2D eigenvalue weighted by molar-refractivity contribution is 7.17. The van der Waals surface area contributed by atoms with Gasteiger partial charge in [-0.3, -0.25) is 9.59 Å². The Bertz CT molecular complexity index is 1410. The van der Waals surface area contributed by atoms with E-state index in [9.17, 15) is 14.4 Å². The SMILES string of the molecule is CCOC(=O)c1c(NC(=O)c2ccc(OC(C)C(=O)NN=Cc3ccc(C(C)C)cc3)cc2)sc2c1CCC(C)C2. The molecule has 1 aliphatic rings. The quantitative estimate of drug-likeness (QED) is 0.167. The van der Waals surface area contributed by atoms with Crippen LogP contribution < -0.4 is 15.5 Å². The van der Waals surface area contributed by atoms with Gasteiger partial charge in [0.25, 0.3) is 11.8 Å². The molecule has 1 heterocycles. The van der Waals surface area contributed by atoms with Gasteiger partial charge in [-0.15, -0.1) is 11.3 Å². The number of benzene rings is 2. The van der Waals surface area contributed by atoms with Crippen molar-refractivity contribution in [2.45, 2.75) is 65.9 Å². The van der Waals surface area contributed by atoms with Crippen molar-refractivity contribution >= 4 is 40.3 Å². The Labute approximate surface area is 245 Å². The van der Waals surface area contributed by atoms with E-state index in [1.165, 1.54) is 16.9 Å². The van der Waals surface area contributed by atoms with Gasteiger partial charge in [-0.05, 0) is 85.9 Å². The van der Waals surface area contributed by atoms with E-state index < -0.39 is 18.0 Å². The molecule has 0 saturated heterocycles. The minimum atomic E-state index is -0.804. The summed E-state index contributed by atoms with van der Waals surface area (Å²) in [6.07, 6.45) is 3.46. The van der Waals surface area contributed by atoms with Crippen molar-refractivity contribution in [1.82, 2.24) is 5.43 Å². The van der Waals surface area contributed by atoms with Crippen LogP contribution in [0.25, 0.3) is 0 Å². The number of rotatable bonds is 10. The van der Waals surface area contributed by atoms with Gasteiger partial charge in [-0.1, -0.05) is 45.0 Å². The minimum absolute atomic E-state index is 0.268. The second-order valence-electron chi connectivity index (χ2n) is 10.6. The molecular formula is C32H37N3O5S. The Morgan fingerprint density at radius 3 is 2.44 bits per heavy atom. The number of amides is 2. The van der Waals surface area contributed by atoms with Gasteiger partial charge in [-0.25, -0.2) is 10.2 Å².